The second kappa shape index (κ2) is 14.2. The van der Waals surface area contributed by atoms with Crippen molar-refractivity contribution in [3.8, 4) is 33.4 Å². The van der Waals surface area contributed by atoms with Crippen molar-refractivity contribution in [2.75, 3.05) is 0 Å². The normalized spacial score (nSPS) is 15.8. The van der Waals surface area contributed by atoms with Gasteiger partial charge >= 0.3 is 340 Å². The molecule has 0 aliphatic heterocycles. The Morgan fingerprint density at radius 3 is 1.14 bits per heavy atom. The Balaban J connectivity index is 1.59. The molecular weight excluding hydrogens is 752 g/mol. The molecule has 0 N–H and O–H groups in total. The Kier molecular flexibility index (Phi) is 9.73. The van der Waals surface area contributed by atoms with E-state index in [0.717, 1.165) is 0 Å². The average Bonchev–Trinajstić information content (AvgIpc) is 3.88. The molecule has 0 fully saturated rings. The van der Waals surface area contributed by atoms with Gasteiger partial charge in [0.05, 0.1) is 0 Å². The predicted octanol–water partition coefficient (Wildman–Crippen LogP) is 15.2. The van der Waals surface area contributed by atoms with Crippen molar-refractivity contribution in [1.29, 1.82) is 0 Å². The standard InChI is InChI=1S/C33H33.2C8H9.C5H5.CH2.Zr/c1-32(2,3)30-20-26-24(18-28(30)22-13-9-7-10-14-22)17-25-19-29(23-15-11-8-12-16-23)31(21-27(25)26)33(4,5)6;2*1-2-8-6-4-3-5-7-8;1-2-4-5-3-1;;/h7-21H,1-6H3;2*2-7H,1H3;1-5H;1H2;. The Labute approximate surface area is 337 Å². The predicted molar refractivity (Wildman–Crippen MR) is 241 cm³/mol. The van der Waals surface area contributed by atoms with E-state index in [-0.39, 0.29) is 25.3 Å². The summed E-state index contributed by atoms with van der Waals surface area (Å²) in [4.78, 5) is 0. The molecule has 0 nitrogen and oxygen atoms in total. The average molecular weight is 810 g/mol. The van der Waals surface area contributed by atoms with Crippen molar-refractivity contribution in [2.45, 2.75) is 80.7 Å². The molecule has 6 aromatic carbocycles. The Morgan fingerprint density at radius 2 is 0.804 bits per heavy atom. The number of benzene rings is 6. The quantitative estimate of drug-likeness (QED) is 0.144. The first-order valence-corrected chi connectivity index (χ1v) is 28.1. The molecule has 0 radical (unpaired) electrons. The van der Waals surface area contributed by atoms with Gasteiger partial charge < -0.3 is 0 Å². The van der Waals surface area contributed by atoms with Gasteiger partial charge in [-0.3, -0.25) is 0 Å². The third-order valence-corrected chi connectivity index (χ3v) is 36.0. The number of allylic oxidation sites excluding steroid dienone is 4. The summed E-state index contributed by atoms with van der Waals surface area (Å²) in [6, 6.07) is 55.6. The van der Waals surface area contributed by atoms with E-state index in [1.165, 1.54) is 66.8 Å². The van der Waals surface area contributed by atoms with Gasteiger partial charge in [0.1, 0.15) is 0 Å². The molecule has 282 valence electrons. The van der Waals surface area contributed by atoms with Crippen LogP contribution in [0.4, 0.5) is 0 Å². The second-order valence-electron chi connectivity index (χ2n) is 19.0. The van der Waals surface area contributed by atoms with Gasteiger partial charge in [-0.25, -0.2) is 0 Å². The van der Waals surface area contributed by atoms with Gasteiger partial charge in [-0.15, -0.1) is 0 Å². The van der Waals surface area contributed by atoms with Gasteiger partial charge in [0.25, 0.3) is 0 Å². The molecule has 0 saturated heterocycles. The van der Waals surface area contributed by atoms with Crippen LogP contribution in [0.5, 0.6) is 0 Å². The molecule has 6 aromatic rings. The van der Waals surface area contributed by atoms with Crippen molar-refractivity contribution in [3.05, 3.63) is 203 Å². The molecule has 0 saturated carbocycles. The monoisotopic (exact) mass is 808 g/mol. The third-order valence-electron chi connectivity index (χ3n) is 14.1. The molecule has 1 heteroatoms. The molecule has 2 aliphatic rings. The van der Waals surface area contributed by atoms with Gasteiger partial charge in [-0.1, -0.05) is 0 Å². The zero-order valence-corrected chi connectivity index (χ0v) is 37.1. The van der Waals surface area contributed by atoms with Gasteiger partial charge in [0, 0.05) is 0 Å². The van der Waals surface area contributed by atoms with E-state index < -0.39 is 18.3 Å². The van der Waals surface area contributed by atoms with Gasteiger partial charge in [0.2, 0.25) is 0 Å². The van der Waals surface area contributed by atoms with Gasteiger partial charge in [0.15, 0.2) is 0 Å². The van der Waals surface area contributed by atoms with Crippen LogP contribution in [-0.4, -0.2) is 4.21 Å². The SMILES string of the molecule is [CH2]=[Zr]([CH]1C=CC=C1)([CH](C)c1ccccc1)([CH](C)c1ccccc1)[CH]1c2cc(-c3ccccc3)c(C(C)(C)C)cc2-c2cc(C(C)(C)C)c(-c3ccccc3)cc21. The van der Waals surface area contributed by atoms with Crippen LogP contribution in [0, 0.1) is 0 Å². The van der Waals surface area contributed by atoms with E-state index >= 15 is 0 Å². The molecule has 0 amide bonds. The summed E-state index contributed by atoms with van der Waals surface area (Å²) in [6.07, 6.45) is 9.70. The minimum atomic E-state index is -4.91. The molecule has 2 atom stereocenters. The Hall–Kier alpha value is -4.45. The molecule has 0 bridgehead atoms. The van der Waals surface area contributed by atoms with E-state index in [1.807, 2.05) is 0 Å². The molecular formula is C55H58Zr. The topological polar surface area (TPSA) is 0 Å². The first-order valence-electron chi connectivity index (χ1n) is 20.7. The van der Waals surface area contributed by atoms with E-state index in [9.17, 15) is 0 Å². The molecule has 8 rings (SSSR count). The number of hydrogen-bond donors (Lipinski definition) is 0. The van der Waals surface area contributed by atoms with Crippen LogP contribution in [0.2, 0.25) is 3.63 Å². The molecule has 2 aliphatic carbocycles. The third kappa shape index (κ3) is 6.09. The fourth-order valence-corrected chi connectivity index (χ4v) is 31.7. The van der Waals surface area contributed by atoms with Crippen LogP contribution in [0.1, 0.15) is 99.6 Å². The summed E-state index contributed by atoms with van der Waals surface area (Å²) >= 11 is -4.91. The fourth-order valence-electron chi connectivity index (χ4n) is 10.9. The molecule has 2 unspecified atom stereocenters. The van der Waals surface area contributed by atoms with E-state index in [4.69, 9.17) is 4.21 Å². The van der Waals surface area contributed by atoms with Crippen molar-refractivity contribution in [3.63, 3.8) is 0 Å². The van der Waals surface area contributed by atoms with Crippen LogP contribution >= 0.6 is 0 Å². The summed E-state index contributed by atoms with van der Waals surface area (Å²) < 4.78 is 6.95. The van der Waals surface area contributed by atoms with Gasteiger partial charge in [-0.05, 0) is 0 Å². The zero-order valence-electron chi connectivity index (χ0n) is 34.7. The minimum absolute atomic E-state index is 0.0661. The van der Waals surface area contributed by atoms with Crippen molar-refractivity contribution >= 4 is 4.21 Å². The number of fused-ring (bicyclic) bond motifs is 3. The van der Waals surface area contributed by atoms with Crippen molar-refractivity contribution in [2.24, 2.45) is 0 Å². The Morgan fingerprint density at radius 1 is 0.464 bits per heavy atom. The van der Waals surface area contributed by atoms with E-state index in [1.54, 1.807) is 0 Å². The Bertz CT molecular complexity index is 2340. The first kappa shape index (κ1) is 38.4. The number of rotatable bonds is 8. The summed E-state index contributed by atoms with van der Waals surface area (Å²) in [5.41, 5.74) is 16.4. The summed E-state index contributed by atoms with van der Waals surface area (Å²) in [7, 11) is 0. The second-order valence-corrected chi connectivity index (χ2v) is 35.3. The van der Waals surface area contributed by atoms with Crippen LogP contribution in [0.25, 0.3) is 33.4 Å². The first-order chi connectivity index (χ1) is 26.7. The fraction of sp³-hybridized carbons (Fsp3) is 0.255. The molecule has 0 heterocycles. The molecule has 0 aromatic heterocycles. The summed E-state index contributed by atoms with van der Waals surface area (Å²) in [5, 5.41) is 0. The van der Waals surface area contributed by atoms with E-state index in [2.05, 4.69) is 225 Å². The zero-order chi connectivity index (χ0) is 39.5. The van der Waals surface area contributed by atoms with E-state index in [0.29, 0.717) is 0 Å². The van der Waals surface area contributed by atoms with Gasteiger partial charge in [-0.2, -0.15) is 0 Å². The molecule has 0 spiro atoms. The van der Waals surface area contributed by atoms with Crippen molar-refractivity contribution < 1.29 is 18.3 Å². The van der Waals surface area contributed by atoms with Crippen LogP contribution < -0.4 is 0 Å². The van der Waals surface area contributed by atoms with Crippen LogP contribution in [0.15, 0.2) is 170 Å². The maximum atomic E-state index is 6.07. The number of hydrogen-bond acceptors (Lipinski definition) is 0. The maximum absolute atomic E-state index is 6.07. The molecule has 56 heavy (non-hydrogen) atoms. The summed E-state index contributed by atoms with van der Waals surface area (Å²) in [5.74, 6) is 0. The van der Waals surface area contributed by atoms with Crippen molar-refractivity contribution in [1.82, 2.24) is 0 Å². The van der Waals surface area contributed by atoms with Crippen LogP contribution in [0.3, 0.4) is 0 Å². The summed E-state index contributed by atoms with van der Waals surface area (Å²) in [6.45, 7) is 19.4. The van der Waals surface area contributed by atoms with Crippen LogP contribution in [-0.2, 0) is 29.1 Å².